The lowest BCUT2D eigenvalue weighted by Gasteiger charge is -2.32. The molecular formula is C20H21BrN4. The second-order valence-corrected chi connectivity index (χ2v) is 7.77. The maximum absolute atomic E-state index is 4.45. The first-order valence-corrected chi connectivity index (χ1v) is 9.42. The smallest absolute Gasteiger partial charge is 0.222 e. The highest BCUT2D eigenvalue weighted by Gasteiger charge is 2.29. The monoisotopic (exact) mass is 396 g/mol. The van der Waals surface area contributed by atoms with Gasteiger partial charge < -0.3 is 5.32 Å². The molecule has 0 aliphatic carbocycles. The van der Waals surface area contributed by atoms with Gasteiger partial charge in [-0.2, -0.15) is 10.1 Å². The number of aromatic nitrogens is 3. The largest absolute Gasteiger partial charge is 0.348 e. The van der Waals surface area contributed by atoms with E-state index in [-0.39, 0.29) is 12.1 Å². The Balaban J connectivity index is 1.68. The molecule has 0 unspecified atom stereocenters. The van der Waals surface area contributed by atoms with Crippen molar-refractivity contribution in [2.24, 2.45) is 0 Å². The number of benzene rings is 2. The minimum absolute atomic E-state index is 0.189. The number of hydrogen-bond donors (Lipinski definition) is 1. The van der Waals surface area contributed by atoms with Gasteiger partial charge in [-0.3, -0.25) is 0 Å². The number of anilines is 1. The van der Waals surface area contributed by atoms with Crippen LogP contribution in [0.5, 0.6) is 0 Å². The summed E-state index contributed by atoms with van der Waals surface area (Å²) in [6, 6.07) is 17.8. The van der Waals surface area contributed by atoms with Crippen molar-refractivity contribution >= 4 is 21.9 Å². The predicted molar refractivity (Wildman–Crippen MR) is 104 cm³/mol. The van der Waals surface area contributed by atoms with Crippen LogP contribution in [0.15, 0.2) is 59.3 Å². The third kappa shape index (κ3) is 3.21. The second kappa shape index (κ2) is 6.64. The molecule has 25 heavy (non-hydrogen) atoms. The summed E-state index contributed by atoms with van der Waals surface area (Å²) < 4.78 is 3.09. The van der Waals surface area contributed by atoms with Gasteiger partial charge in [0.1, 0.15) is 6.33 Å². The van der Waals surface area contributed by atoms with Crippen LogP contribution in [0, 0.1) is 0 Å². The van der Waals surface area contributed by atoms with Crippen LogP contribution in [0.2, 0.25) is 0 Å². The lowest BCUT2D eigenvalue weighted by Crippen LogP contribution is -2.28. The van der Waals surface area contributed by atoms with Crippen molar-refractivity contribution in [2.45, 2.75) is 38.3 Å². The predicted octanol–water partition coefficient (Wildman–Crippen LogP) is 5.31. The number of fused-ring (bicyclic) bond motifs is 1. The topological polar surface area (TPSA) is 42.7 Å². The number of halogens is 1. The highest BCUT2D eigenvalue weighted by atomic mass is 79.9. The average molecular weight is 397 g/mol. The van der Waals surface area contributed by atoms with E-state index in [1.807, 2.05) is 4.68 Å². The van der Waals surface area contributed by atoms with E-state index in [1.54, 1.807) is 6.33 Å². The van der Waals surface area contributed by atoms with Crippen molar-refractivity contribution in [1.29, 1.82) is 0 Å². The molecule has 2 atom stereocenters. The van der Waals surface area contributed by atoms with Gasteiger partial charge in [-0.05, 0) is 41.2 Å². The standard InChI is InChI=1S/C20H21BrN4/c1-13(2)14-3-5-16(6-4-14)19-11-18(15-7-9-17(21)10-8-15)24-20-22-12-23-25(19)20/h3-10,12-13,18-19H,11H2,1-2H3,(H,22,23,24)/t18-,19-/m0/s1. The van der Waals surface area contributed by atoms with Crippen molar-refractivity contribution in [3.63, 3.8) is 0 Å². The van der Waals surface area contributed by atoms with Crippen LogP contribution in [0.1, 0.15) is 55.0 Å². The van der Waals surface area contributed by atoms with Crippen LogP contribution in [-0.2, 0) is 0 Å². The van der Waals surface area contributed by atoms with E-state index < -0.39 is 0 Å². The third-order valence-electron chi connectivity index (χ3n) is 4.89. The SMILES string of the molecule is CC(C)c1ccc([C@@H]2C[C@@H](c3ccc(Br)cc3)Nc3ncnn32)cc1. The van der Waals surface area contributed by atoms with E-state index in [1.165, 1.54) is 16.7 Å². The van der Waals surface area contributed by atoms with E-state index in [4.69, 9.17) is 0 Å². The molecule has 1 N–H and O–H groups in total. The summed E-state index contributed by atoms with van der Waals surface area (Å²) in [5, 5.41) is 7.97. The van der Waals surface area contributed by atoms with Crippen LogP contribution in [0.25, 0.3) is 0 Å². The summed E-state index contributed by atoms with van der Waals surface area (Å²) >= 11 is 3.51. The van der Waals surface area contributed by atoms with Crippen LogP contribution in [-0.4, -0.2) is 14.8 Å². The van der Waals surface area contributed by atoms with Crippen molar-refractivity contribution < 1.29 is 0 Å². The van der Waals surface area contributed by atoms with Gasteiger partial charge in [0.25, 0.3) is 0 Å². The van der Waals surface area contributed by atoms with E-state index in [0.29, 0.717) is 5.92 Å². The first-order chi connectivity index (χ1) is 12.1. The van der Waals surface area contributed by atoms with Gasteiger partial charge in [-0.1, -0.05) is 66.2 Å². The summed E-state index contributed by atoms with van der Waals surface area (Å²) in [5.74, 6) is 1.37. The summed E-state index contributed by atoms with van der Waals surface area (Å²) in [4.78, 5) is 4.40. The Morgan fingerprint density at radius 3 is 2.40 bits per heavy atom. The van der Waals surface area contributed by atoms with Crippen molar-refractivity contribution in [3.8, 4) is 0 Å². The van der Waals surface area contributed by atoms with Crippen LogP contribution in [0.4, 0.5) is 5.95 Å². The van der Waals surface area contributed by atoms with E-state index in [2.05, 4.69) is 93.7 Å². The lowest BCUT2D eigenvalue weighted by atomic mass is 9.92. The summed E-state index contributed by atoms with van der Waals surface area (Å²) in [5.41, 5.74) is 3.90. The molecule has 128 valence electrons. The van der Waals surface area contributed by atoms with Crippen molar-refractivity contribution in [3.05, 3.63) is 76.0 Å². The molecule has 0 spiro atoms. The van der Waals surface area contributed by atoms with Crippen molar-refractivity contribution in [2.75, 3.05) is 5.32 Å². The molecule has 2 aromatic carbocycles. The summed E-state index contributed by atoms with van der Waals surface area (Å²) in [7, 11) is 0. The molecule has 0 saturated heterocycles. The van der Waals surface area contributed by atoms with Gasteiger partial charge in [0.05, 0.1) is 12.1 Å². The highest BCUT2D eigenvalue weighted by molar-refractivity contribution is 9.10. The van der Waals surface area contributed by atoms with Gasteiger partial charge in [-0.25, -0.2) is 4.68 Å². The fraction of sp³-hybridized carbons (Fsp3) is 0.300. The molecule has 1 aliphatic rings. The number of hydrogen-bond acceptors (Lipinski definition) is 3. The molecule has 4 nitrogen and oxygen atoms in total. The van der Waals surface area contributed by atoms with E-state index >= 15 is 0 Å². The molecule has 0 radical (unpaired) electrons. The fourth-order valence-electron chi connectivity index (χ4n) is 3.41. The Morgan fingerprint density at radius 2 is 1.72 bits per heavy atom. The van der Waals surface area contributed by atoms with E-state index in [9.17, 15) is 0 Å². The molecule has 0 saturated carbocycles. The zero-order valence-corrected chi connectivity index (χ0v) is 15.9. The second-order valence-electron chi connectivity index (χ2n) is 6.85. The molecule has 5 heteroatoms. The quantitative estimate of drug-likeness (QED) is 0.651. The molecule has 0 bridgehead atoms. The van der Waals surface area contributed by atoms with Crippen molar-refractivity contribution in [1.82, 2.24) is 14.8 Å². The normalized spacial score (nSPS) is 19.5. The molecule has 2 heterocycles. The maximum Gasteiger partial charge on any atom is 0.222 e. The molecule has 0 amide bonds. The Bertz CT molecular complexity index is 852. The number of rotatable bonds is 3. The highest BCUT2D eigenvalue weighted by Crippen LogP contribution is 2.37. The fourth-order valence-corrected chi connectivity index (χ4v) is 3.68. The molecule has 4 rings (SSSR count). The van der Waals surface area contributed by atoms with Gasteiger partial charge in [0.2, 0.25) is 5.95 Å². The zero-order chi connectivity index (χ0) is 17.4. The zero-order valence-electron chi connectivity index (χ0n) is 14.4. The summed E-state index contributed by atoms with van der Waals surface area (Å²) in [6.45, 7) is 4.44. The number of nitrogens with one attached hydrogen (secondary N) is 1. The summed E-state index contributed by atoms with van der Waals surface area (Å²) in [6.07, 6.45) is 2.57. The lowest BCUT2D eigenvalue weighted by molar-refractivity contribution is 0.430. The Hall–Kier alpha value is -2.14. The molecule has 0 fully saturated rings. The van der Waals surface area contributed by atoms with Crippen LogP contribution < -0.4 is 5.32 Å². The molecule has 3 aromatic rings. The molecule has 1 aromatic heterocycles. The number of nitrogens with zero attached hydrogens (tertiary/aromatic N) is 3. The van der Waals surface area contributed by atoms with Gasteiger partial charge in [0.15, 0.2) is 0 Å². The first-order valence-electron chi connectivity index (χ1n) is 8.63. The van der Waals surface area contributed by atoms with E-state index in [0.717, 1.165) is 16.8 Å². The minimum Gasteiger partial charge on any atom is -0.348 e. The van der Waals surface area contributed by atoms with Gasteiger partial charge in [0, 0.05) is 4.47 Å². The molecule has 1 aliphatic heterocycles. The Labute approximate surface area is 156 Å². The molecular weight excluding hydrogens is 376 g/mol. The van der Waals surface area contributed by atoms with Crippen LogP contribution >= 0.6 is 15.9 Å². The average Bonchev–Trinajstić information content (AvgIpc) is 3.10. The van der Waals surface area contributed by atoms with Crippen LogP contribution in [0.3, 0.4) is 0 Å². The third-order valence-corrected chi connectivity index (χ3v) is 5.42. The maximum atomic E-state index is 4.45. The van der Waals surface area contributed by atoms with Gasteiger partial charge in [-0.15, -0.1) is 0 Å². The first kappa shape index (κ1) is 16.3. The van der Waals surface area contributed by atoms with Gasteiger partial charge >= 0.3 is 0 Å². The minimum atomic E-state index is 0.189. The Morgan fingerprint density at radius 1 is 1.04 bits per heavy atom. The Kier molecular flexibility index (Phi) is 4.34.